The van der Waals surface area contributed by atoms with Crippen molar-refractivity contribution >= 4 is 24.0 Å². The zero-order chi connectivity index (χ0) is 20.9. The topological polar surface area (TPSA) is 14.1 Å². The monoisotopic (exact) mass is 401 g/mol. The molecule has 0 saturated heterocycles. The molecule has 2 aromatic rings. The van der Waals surface area contributed by atoms with E-state index in [4.69, 9.17) is 12.6 Å². The van der Waals surface area contributed by atoms with Crippen LogP contribution < -0.4 is 0 Å². The molecule has 0 aromatic heterocycles. The summed E-state index contributed by atoms with van der Waals surface area (Å²) in [6, 6.07) is 3.41. The number of nitrogens with zero attached hydrogens (tertiary/aromatic N) is 1. The van der Waals surface area contributed by atoms with Crippen molar-refractivity contribution in [1.29, 1.82) is 0 Å². The molecule has 0 spiro atoms. The molecule has 1 nitrogen and oxygen atoms in total. The normalized spacial score (nSPS) is 12.4. The Kier molecular flexibility index (Phi) is 5.49. The van der Waals surface area contributed by atoms with E-state index >= 15 is 0 Å². The van der Waals surface area contributed by atoms with Crippen LogP contribution in [0, 0.1) is 29.1 Å². The third-order valence-electron chi connectivity index (χ3n) is 4.16. The van der Waals surface area contributed by atoms with Crippen LogP contribution in [0.5, 0.6) is 0 Å². The van der Waals surface area contributed by atoms with Crippen LogP contribution in [0.4, 0.5) is 33.3 Å². The van der Waals surface area contributed by atoms with Gasteiger partial charge in [0.25, 0.3) is 0 Å². The molecule has 0 saturated carbocycles. The molecule has 0 unspecified atom stereocenters. The van der Waals surface area contributed by atoms with Gasteiger partial charge in [0, 0.05) is 0 Å². The van der Waals surface area contributed by atoms with Gasteiger partial charge in [-0.1, -0.05) is 64.9 Å². The summed E-state index contributed by atoms with van der Waals surface area (Å²) < 4.78 is 68.3. The first-order valence-corrected chi connectivity index (χ1v) is 8.66. The quantitative estimate of drug-likeness (QED) is 0.224. The van der Waals surface area contributed by atoms with Gasteiger partial charge in [-0.15, -0.1) is 0 Å². The second kappa shape index (κ2) is 6.93. The predicted octanol–water partition coefficient (Wildman–Crippen LogP) is 7.22. The Morgan fingerprint density at radius 3 is 1.56 bits per heavy atom. The van der Waals surface area contributed by atoms with E-state index in [1.807, 2.05) is 47.6 Å². The lowest BCUT2D eigenvalue weighted by atomic mass is 9.80. The number of hydrogen-bond donors (Lipinski definition) is 0. The summed E-state index contributed by atoms with van der Waals surface area (Å²) >= 11 is 5.40. The minimum absolute atomic E-state index is 0.00874. The highest BCUT2D eigenvalue weighted by Crippen LogP contribution is 2.44. The van der Waals surface area contributed by atoms with Gasteiger partial charge in [-0.25, -0.2) is 22.0 Å². The smallest absolute Gasteiger partial charge is 0.200 e. The highest BCUT2D eigenvalue weighted by molar-refractivity contribution is 7.59. The lowest BCUT2D eigenvalue weighted by Crippen LogP contribution is -2.17. The molecule has 0 heterocycles. The van der Waals surface area contributed by atoms with Crippen LogP contribution in [-0.2, 0) is 23.5 Å². The van der Waals surface area contributed by atoms with E-state index in [0.717, 1.165) is 5.56 Å². The summed E-state index contributed by atoms with van der Waals surface area (Å²) in [6.07, 6.45) is 0. The lowest BCUT2D eigenvalue weighted by molar-refractivity contribution is 0.382. The minimum Gasteiger partial charge on any atom is -0.781 e. The first kappa shape index (κ1) is 21.4. The first-order valence-electron chi connectivity index (χ1n) is 8.25. The first-order chi connectivity index (χ1) is 12.2. The number of benzene rings is 2. The summed E-state index contributed by atoms with van der Waals surface area (Å²) in [5, 5.41) is 3.75. The molecule has 2 aromatic carbocycles. The fraction of sp³-hybridized carbons (Fsp3) is 0.400. The predicted molar refractivity (Wildman–Crippen MR) is 98.4 cm³/mol. The van der Waals surface area contributed by atoms with Gasteiger partial charge in [0.05, 0.1) is 0 Å². The van der Waals surface area contributed by atoms with Crippen molar-refractivity contribution in [3.05, 3.63) is 57.7 Å². The molecule has 27 heavy (non-hydrogen) atoms. The second-order valence-corrected chi connectivity index (χ2v) is 8.81. The molecule has 0 atom stereocenters. The second-order valence-electron chi connectivity index (χ2n) is 8.40. The molecule has 0 aliphatic carbocycles. The zero-order valence-electron chi connectivity index (χ0n) is 15.9. The van der Waals surface area contributed by atoms with Crippen molar-refractivity contribution in [2.75, 3.05) is 0 Å². The summed E-state index contributed by atoms with van der Waals surface area (Å²) in [7, 11) is 0. The number of halogens is 5. The van der Waals surface area contributed by atoms with Gasteiger partial charge in [-0.2, -0.15) is 10.6 Å². The molecule has 0 aliphatic rings. The molecule has 7 heteroatoms. The van der Waals surface area contributed by atoms with Crippen LogP contribution in [0.15, 0.2) is 17.0 Å². The standard InChI is InChI=1S/C20H21F5NS/c1-19(2,3)9-7-10(20(4,5)6)18(27)11(8-9)26-17-15(24)13(22)12(21)14(23)16(17)25/h7-8,27H,1-6H3/q-1/p-1. The van der Waals surface area contributed by atoms with Gasteiger partial charge >= 0.3 is 0 Å². The third kappa shape index (κ3) is 4.03. The molecule has 0 bridgehead atoms. The van der Waals surface area contributed by atoms with Crippen LogP contribution in [0.1, 0.15) is 52.7 Å². The molecule has 0 fully saturated rings. The van der Waals surface area contributed by atoms with E-state index < -0.39 is 40.2 Å². The Bertz CT molecular complexity index is 866. The summed E-state index contributed by atoms with van der Waals surface area (Å²) in [5.41, 5.74) is -0.520. The highest BCUT2D eigenvalue weighted by atomic mass is 32.1. The van der Waals surface area contributed by atoms with Gasteiger partial charge in [-0.3, -0.25) is 0 Å². The summed E-state index contributed by atoms with van der Waals surface area (Å²) in [4.78, 5) is 0.208. The van der Waals surface area contributed by atoms with E-state index in [-0.39, 0.29) is 16.0 Å². The third-order valence-corrected chi connectivity index (χ3v) is 4.59. The number of hydrogen-bond acceptors (Lipinski definition) is 1. The van der Waals surface area contributed by atoms with Crippen molar-refractivity contribution in [1.82, 2.24) is 0 Å². The van der Waals surface area contributed by atoms with Crippen LogP contribution in [0.3, 0.4) is 0 Å². The maximum Gasteiger partial charge on any atom is 0.200 e. The van der Waals surface area contributed by atoms with E-state index in [0.29, 0.717) is 5.56 Å². The lowest BCUT2D eigenvalue weighted by Gasteiger charge is -2.38. The molecular weight excluding hydrogens is 381 g/mol. The zero-order valence-corrected chi connectivity index (χ0v) is 16.7. The fourth-order valence-corrected chi connectivity index (χ4v) is 2.97. The van der Waals surface area contributed by atoms with Crippen molar-refractivity contribution in [2.45, 2.75) is 57.3 Å². The molecule has 2 rings (SSSR count). The van der Waals surface area contributed by atoms with Gasteiger partial charge in [0.2, 0.25) is 0 Å². The van der Waals surface area contributed by atoms with E-state index in [1.165, 1.54) is 6.07 Å². The van der Waals surface area contributed by atoms with Crippen LogP contribution in [0.2, 0.25) is 0 Å². The van der Waals surface area contributed by atoms with E-state index in [1.54, 1.807) is 0 Å². The summed E-state index contributed by atoms with van der Waals surface area (Å²) in [5.74, 6) is -10.3. The Morgan fingerprint density at radius 2 is 1.15 bits per heavy atom. The van der Waals surface area contributed by atoms with E-state index in [9.17, 15) is 22.0 Å². The molecule has 0 amide bonds. The Labute approximate surface area is 161 Å². The van der Waals surface area contributed by atoms with Gasteiger partial charge in [-0.05, 0) is 16.4 Å². The average Bonchev–Trinajstić information content (AvgIpc) is 2.54. The van der Waals surface area contributed by atoms with Crippen molar-refractivity contribution in [2.24, 2.45) is 0 Å². The van der Waals surface area contributed by atoms with Gasteiger partial charge < -0.3 is 17.9 Å². The minimum atomic E-state index is -2.22. The summed E-state index contributed by atoms with van der Waals surface area (Å²) in [6.45, 7) is 11.5. The van der Waals surface area contributed by atoms with Crippen molar-refractivity contribution < 1.29 is 22.0 Å². The Morgan fingerprint density at radius 1 is 0.704 bits per heavy atom. The fourth-order valence-electron chi connectivity index (χ4n) is 2.50. The maximum absolute atomic E-state index is 14.0. The molecular formula is C20H20F5NS-2. The Balaban J connectivity index is 2.74. The highest BCUT2D eigenvalue weighted by Gasteiger charge is 2.23. The van der Waals surface area contributed by atoms with Crippen LogP contribution >= 0.6 is 0 Å². The van der Waals surface area contributed by atoms with Crippen LogP contribution in [-0.4, -0.2) is 0 Å². The number of rotatable bonds is 2. The Hall–Kier alpha value is -1.89. The van der Waals surface area contributed by atoms with Crippen molar-refractivity contribution in [3.8, 4) is 0 Å². The molecule has 0 aliphatic heterocycles. The maximum atomic E-state index is 14.0. The van der Waals surface area contributed by atoms with Crippen molar-refractivity contribution in [3.63, 3.8) is 0 Å². The molecule has 148 valence electrons. The van der Waals surface area contributed by atoms with Gasteiger partial charge in [0.15, 0.2) is 17.5 Å². The molecule has 0 N–H and O–H groups in total. The van der Waals surface area contributed by atoms with E-state index in [2.05, 4.69) is 5.32 Å². The largest absolute Gasteiger partial charge is 0.781 e. The SMILES string of the molecule is CC(C)(C)c1cc([N-]c2c(F)c(F)c(F)c(F)c2F)c([S-])c(C(C)(C)C)c1. The van der Waals surface area contributed by atoms with Gasteiger partial charge in [0.1, 0.15) is 11.6 Å². The molecule has 0 radical (unpaired) electrons. The van der Waals surface area contributed by atoms with Crippen LogP contribution in [0.25, 0.3) is 5.32 Å². The average molecular weight is 401 g/mol.